The van der Waals surface area contributed by atoms with Gasteiger partial charge in [0.25, 0.3) is 5.91 Å². The van der Waals surface area contributed by atoms with E-state index in [2.05, 4.69) is 33.4 Å². The topological polar surface area (TPSA) is 54.3 Å². The zero-order valence-corrected chi connectivity index (χ0v) is 18.8. The van der Waals surface area contributed by atoms with Crippen LogP contribution in [0.3, 0.4) is 0 Å². The highest BCUT2D eigenvalue weighted by atomic mass is 19.4. The van der Waals surface area contributed by atoms with Crippen LogP contribution in [0.5, 0.6) is 0 Å². The molecule has 0 unspecified atom stereocenters. The molecule has 0 radical (unpaired) electrons. The fraction of sp³-hybridized carbons (Fsp3) is 0.320. The maximum absolute atomic E-state index is 13.3. The predicted molar refractivity (Wildman–Crippen MR) is 122 cm³/mol. The van der Waals surface area contributed by atoms with Gasteiger partial charge in [-0.3, -0.25) is 14.5 Å². The van der Waals surface area contributed by atoms with Gasteiger partial charge in [0.1, 0.15) is 16.7 Å². The zero-order valence-electron chi connectivity index (χ0n) is 18.8. The van der Waals surface area contributed by atoms with Gasteiger partial charge in [-0.15, -0.1) is 0 Å². The Bertz CT molecular complexity index is 1370. The van der Waals surface area contributed by atoms with Crippen LogP contribution in [-0.4, -0.2) is 63.7 Å². The number of halogens is 4. The molecule has 180 valence electrons. The van der Waals surface area contributed by atoms with Gasteiger partial charge in [-0.1, -0.05) is 30.6 Å². The molecular weight excluding hydrogens is 462 g/mol. The number of aromatic nitrogens is 3. The largest absolute Gasteiger partial charge is 0.416 e. The summed E-state index contributed by atoms with van der Waals surface area (Å²) in [7, 11) is 2.02. The molecule has 5 rings (SSSR count). The molecular formula is C25H21F4N5O. The number of benzene rings is 1. The molecule has 0 spiro atoms. The third kappa shape index (κ3) is 4.28. The quantitative estimate of drug-likeness (QED) is 0.322. The number of rotatable bonds is 3. The first-order chi connectivity index (χ1) is 16.6. The van der Waals surface area contributed by atoms with Gasteiger partial charge < -0.3 is 9.80 Å². The summed E-state index contributed by atoms with van der Waals surface area (Å²) in [6.07, 6.45) is -2.85. The first-order valence-corrected chi connectivity index (χ1v) is 11.0. The van der Waals surface area contributed by atoms with Gasteiger partial charge in [0.05, 0.1) is 17.2 Å². The minimum absolute atomic E-state index is 0.222. The smallest absolute Gasteiger partial charge is 0.332 e. The van der Waals surface area contributed by atoms with Crippen LogP contribution in [0.2, 0.25) is 0 Å². The summed E-state index contributed by atoms with van der Waals surface area (Å²) in [5, 5.41) is 4.69. The normalized spacial score (nSPS) is 17.0. The molecule has 2 aromatic heterocycles. The highest BCUT2D eigenvalue weighted by molar-refractivity contribution is 5.94. The van der Waals surface area contributed by atoms with Crippen LogP contribution in [0, 0.1) is 17.8 Å². The van der Waals surface area contributed by atoms with Crippen molar-refractivity contribution in [1.82, 2.24) is 24.6 Å². The number of alkyl halides is 3. The second-order valence-electron chi connectivity index (χ2n) is 8.88. The molecule has 10 heteroatoms. The van der Waals surface area contributed by atoms with Gasteiger partial charge >= 0.3 is 6.18 Å². The molecule has 2 saturated heterocycles. The van der Waals surface area contributed by atoms with E-state index < -0.39 is 23.5 Å². The summed E-state index contributed by atoms with van der Waals surface area (Å²) in [6, 6.07) is 6.26. The maximum Gasteiger partial charge on any atom is 0.416 e. The Morgan fingerprint density at radius 1 is 1.11 bits per heavy atom. The molecule has 0 saturated carbocycles. The molecule has 2 aliphatic rings. The summed E-state index contributed by atoms with van der Waals surface area (Å²) in [5.74, 6) is 4.93. The van der Waals surface area contributed by atoms with Gasteiger partial charge in [-0.05, 0) is 25.2 Å². The Labute approximate surface area is 198 Å². The van der Waals surface area contributed by atoms with Crippen LogP contribution < -0.4 is 0 Å². The lowest BCUT2D eigenvalue weighted by atomic mass is 10.0. The van der Waals surface area contributed by atoms with E-state index in [0.717, 1.165) is 25.2 Å². The number of likely N-dealkylation sites (tertiary alicyclic amines) is 2. The maximum atomic E-state index is 13.3. The highest BCUT2D eigenvalue weighted by Gasteiger charge is 2.36. The van der Waals surface area contributed by atoms with E-state index in [1.54, 1.807) is 16.9 Å². The van der Waals surface area contributed by atoms with Gasteiger partial charge in [-0.2, -0.15) is 18.3 Å². The van der Waals surface area contributed by atoms with E-state index in [0.29, 0.717) is 27.9 Å². The lowest BCUT2D eigenvalue weighted by Gasteiger charge is -2.39. The summed E-state index contributed by atoms with van der Waals surface area (Å²) < 4.78 is 54.1. The standard InChI is InChI=1S/C25H21F4N5O/c1-15(26)24(35)33-13-20(14-33)34-23-18(4-3-16-11-32(2)12-16)9-10-30-22(23)21(31-34)17-5-7-19(8-6-17)25(27,28)29/h5-10,16,20H,1,11-14H2,2H3. The van der Waals surface area contributed by atoms with E-state index in [-0.39, 0.29) is 25.0 Å². The van der Waals surface area contributed by atoms with E-state index in [4.69, 9.17) is 0 Å². The molecule has 3 aromatic rings. The van der Waals surface area contributed by atoms with Crippen molar-refractivity contribution in [3.8, 4) is 23.1 Å². The van der Waals surface area contributed by atoms with Crippen LogP contribution in [0.4, 0.5) is 17.6 Å². The molecule has 4 heterocycles. The van der Waals surface area contributed by atoms with Crippen LogP contribution in [0.15, 0.2) is 48.9 Å². The van der Waals surface area contributed by atoms with Crippen molar-refractivity contribution in [2.75, 3.05) is 33.2 Å². The molecule has 6 nitrogen and oxygen atoms in total. The Kier molecular flexibility index (Phi) is 5.60. The Morgan fingerprint density at radius 2 is 1.80 bits per heavy atom. The van der Waals surface area contributed by atoms with Gasteiger partial charge in [0.15, 0.2) is 5.83 Å². The lowest BCUT2D eigenvalue weighted by molar-refractivity contribution is -0.137. The average molecular weight is 483 g/mol. The summed E-state index contributed by atoms with van der Waals surface area (Å²) >= 11 is 0. The van der Waals surface area contributed by atoms with Crippen molar-refractivity contribution in [3.63, 3.8) is 0 Å². The molecule has 2 aliphatic heterocycles. The van der Waals surface area contributed by atoms with Crippen molar-refractivity contribution in [3.05, 3.63) is 60.1 Å². The first kappa shape index (κ1) is 23.1. The molecule has 0 aliphatic carbocycles. The number of carbonyl (C=O) groups excluding carboxylic acids is 1. The molecule has 35 heavy (non-hydrogen) atoms. The fourth-order valence-electron chi connectivity index (χ4n) is 4.36. The Hall–Kier alpha value is -3.71. The third-order valence-electron chi connectivity index (χ3n) is 6.27. The predicted octanol–water partition coefficient (Wildman–Crippen LogP) is 3.90. The molecule has 0 N–H and O–H groups in total. The number of hydrogen-bond acceptors (Lipinski definition) is 4. The van der Waals surface area contributed by atoms with E-state index >= 15 is 0 Å². The Morgan fingerprint density at radius 3 is 2.40 bits per heavy atom. The number of pyridine rings is 1. The van der Waals surface area contributed by atoms with Crippen molar-refractivity contribution in [2.24, 2.45) is 5.92 Å². The summed E-state index contributed by atoms with van der Waals surface area (Å²) in [5.41, 5.74) is 1.97. The third-order valence-corrected chi connectivity index (χ3v) is 6.27. The van der Waals surface area contributed by atoms with Crippen LogP contribution in [-0.2, 0) is 11.0 Å². The van der Waals surface area contributed by atoms with Crippen LogP contribution in [0.25, 0.3) is 22.3 Å². The second-order valence-corrected chi connectivity index (χ2v) is 8.88. The van der Waals surface area contributed by atoms with E-state index in [1.807, 2.05) is 7.05 Å². The second kappa shape index (κ2) is 8.50. The molecule has 1 amide bonds. The first-order valence-electron chi connectivity index (χ1n) is 11.0. The SMILES string of the molecule is C=C(F)C(=O)N1CC(n2nc(-c3ccc(C(F)(F)F)cc3)c3nccc(C#CC4CN(C)C4)c32)C1. The minimum Gasteiger partial charge on any atom is -0.332 e. The van der Waals surface area contributed by atoms with Crippen molar-refractivity contribution >= 4 is 16.9 Å². The number of hydrogen-bond donors (Lipinski definition) is 0. The number of nitrogens with zero attached hydrogens (tertiary/aromatic N) is 5. The highest BCUT2D eigenvalue weighted by Crippen LogP contribution is 2.35. The molecule has 1 aromatic carbocycles. The van der Waals surface area contributed by atoms with Gasteiger partial charge in [0.2, 0.25) is 0 Å². The summed E-state index contributed by atoms with van der Waals surface area (Å²) in [4.78, 5) is 19.9. The van der Waals surface area contributed by atoms with Gasteiger partial charge in [-0.25, -0.2) is 4.39 Å². The number of carbonyl (C=O) groups is 1. The lowest BCUT2D eigenvalue weighted by Crippen LogP contribution is -2.51. The molecule has 0 bridgehead atoms. The number of fused-ring (bicyclic) bond motifs is 1. The van der Waals surface area contributed by atoms with E-state index in [9.17, 15) is 22.4 Å². The number of amides is 1. The minimum atomic E-state index is -4.45. The van der Waals surface area contributed by atoms with Crippen molar-refractivity contribution < 1.29 is 22.4 Å². The van der Waals surface area contributed by atoms with Crippen molar-refractivity contribution in [2.45, 2.75) is 12.2 Å². The fourth-order valence-corrected chi connectivity index (χ4v) is 4.36. The van der Waals surface area contributed by atoms with Crippen LogP contribution >= 0.6 is 0 Å². The molecule has 0 atom stereocenters. The zero-order chi connectivity index (χ0) is 24.9. The monoisotopic (exact) mass is 483 g/mol. The van der Waals surface area contributed by atoms with E-state index in [1.165, 1.54) is 17.0 Å². The molecule has 2 fully saturated rings. The van der Waals surface area contributed by atoms with Gasteiger partial charge in [0, 0.05) is 43.9 Å². The van der Waals surface area contributed by atoms with Crippen molar-refractivity contribution in [1.29, 1.82) is 0 Å². The summed E-state index contributed by atoms with van der Waals surface area (Å²) in [6.45, 7) is 5.26. The average Bonchev–Trinajstić information content (AvgIpc) is 3.14. The Balaban J connectivity index is 1.56. The van der Waals surface area contributed by atoms with Crippen LogP contribution in [0.1, 0.15) is 17.2 Å².